The van der Waals surface area contributed by atoms with Gasteiger partial charge in [-0.3, -0.25) is 0 Å². The van der Waals surface area contributed by atoms with E-state index in [9.17, 15) is 10.2 Å². The summed E-state index contributed by atoms with van der Waals surface area (Å²) < 4.78 is 0. The molecule has 0 fully saturated rings. The summed E-state index contributed by atoms with van der Waals surface area (Å²) in [5, 5.41) is 22.4. The summed E-state index contributed by atoms with van der Waals surface area (Å²) in [6.07, 6.45) is 21.0. The Kier molecular flexibility index (Phi) is 19.5. The topological polar surface area (TPSA) is 52.5 Å². The van der Waals surface area contributed by atoms with Gasteiger partial charge in [0.05, 0.1) is 12.2 Å². The zero-order chi connectivity index (χ0) is 19.5. The van der Waals surface area contributed by atoms with Gasteiger partial charge in [0, 0.05) is 12.6 Å². The maximum Gasteiger partial charge on any atom is 0.0665 e. The molecule has 3 N–H and O–H groups in total. The second kappa shape index (κ2) is 19.6. The first-order valence-electron chi connectivity index (χ1n) is 11.7. The Labute approximate surface area is 164 Å². The van der Waals surface area contributed by atoms with Crippen molar-refractivity contribution in [2.45, 2.75) is 142 Å². The van der Waals surface area contributed by atoms with Crippen molar-refractivity contribution in [2.75, 3.05) is 6.54 Å². The van der Waals surface area contributed by atoms with Crippen molar-refractivity contribution in [3.8, 4) is 0 Å². The molecule has 3 unspecified atom stereocenters. The van der Waals surface area contributed by atoms with Crippen molar-refractivity contribution >= 4 is 0 Å². The van der Waals surface area contributed by atoms with E-state index in [1.807, 2.05) is 6.92 Å². The normalized spacial score (nSPS) is 15.1. The molecule has 158 valence electrons. The van der Waals surface area contributed by atoms with E-state index < -0.39 is 0 Å². The highest BCUT2D eigenvalue weighted by molar-refractivity contribution is 4.73. The molecular weight excluding hydrogens is 322 g/mol. The van der Waals surface area contributed by atoms with Crippen LogP contribution in [0.1, 0.15) is 124 Å². The summed E-state index contributed by atoms with van der Waals surface area (Å²) in [5.74, 6) is 0. The summed E-state index contributed by atoms with van der Waals surface area (Å²) in [6, 6.07) is 0.117. The third kappa shape index (κ3) is 18.7. The standard InChI is InChI=1S/C23H49NO2/c1-4-5-6-7-8-9-10-11-12-13-14-15-16-17-18-19-23(22(3)26)24-20-21(2)25/h21-26H,4-20H2,1-3H3. The first kappa shape index (κ1) is 25.9. The smallest absolute Gasteiger partial charge is 0.0665 e. The van der Waals surface area contributed by atoms with Crippen LogP contribution in [0.3, 0.4) is 0 Å². The van der Waals surface area contributed by atoms with Gasteiger partial charge in [0.25, 0.3) is 0 Å². The van der Waals surface area contributed by atoms with Crippen LogP contribution in [0.4, 0.5) is 0 Å². The second-order valence-electron chi connectivity index (χ2n) is 8.34. The predicted octanol–water partition coefficient (Wildman–Crippen LogP) is 5.97. The van der Waals surface area contributed by atoms with Gasteiger partial charge < -0.3 is 15.5 Å². The van der Waals surface area contributed by atoms with Gasteiger partial charge >= 0.3 is 0 Å². The molecule has 0 aliphatic carbocycles. The Hall–Kier alpha value is -0.120. The van der Waals surface area contributed by atoms with E-state index >= 15 is 0 Å². The van der Waals surface area contributed by atoms with Crippen LogP contribution >= 0.6 is 0 Å². The third-order valence-corrected chi connectivity index (χ3v) is 5.38. The van der Waals surface area contributed by atoms with Gasteiger partial charge in [-0.15, -0.1) is 0 Å². The predicted molar refractivity (Wildman–Crippen MR) is 115 cm³/mol. The highest BCUT2D eigenvalue weighted by Gasteiger charge is 2.14. The Morgan fingerprint density at radius 2 is 1.00 bits per heavy atom. The molecule has 0 aromatic carbocycles. The van der Waals surface area contributed by atoms with E-state index in [-0.39, 0.29) is 18.2 Å². The van der Waals surface area contributed by atoms with Gasteiger partial charge in [-0.05, 0) is 20.3 Å². The second-order valence-corrected chi connectivity index (χ2v) is 8.34. The van der Waals surface area contributed by atoms with Crippen LogP contribution in [-0.2, 0) is 0 Å². The van der Waals surface area contributed by atoms with Crippen molar-refractivity contribution < 1.29 is 10.2 Å². The lowest BCUT2D eigenvalue weighted by Gasteiger charge is -2.22. The number of rotatable bonds is 20. The molecule has 0 amide bonds. The molecular formula is C23H49NO2. The van der Waals surface area contributed by atoms with Crippen molar-refractivity contribution in [3.05, 3.63) is 0 Å². The fraction of sp³-hybridized carbons (Fsp3) is 1.00. The minimum absolute atomic E-state index is 0.117. The molecule has 0 rings (SSSR count). The fourth-order valence-corrected chi connectivity index (χ4v) is 3.57. The number of aliphatic hydroxyl groups excluding tert-OH is 2. The highest BCUT2D eigenvalue weighted by Crippen LogP contribution is 2.14. The summed E-state index contributed by atoms with van der Waals surface area (Å²) in [6.45, 7) is 6.46. The number of aliphatic hydroxyl groups is 2. The summed E-state index contributed by atoms with van der Waals surface area (Å²) in [4.78, 5) is 0. The minimum Gasteiger partial charge on any atom is -0.392 e. The Morgan fingerprint density at radius 3 is 1.35 bits per heavy atom. The van der Waals surface area contributed by atoms with Gasteiger partial charge in [0.15, 0.2) is 0 Å². The monoisotopic (exact) mass is 371 g/mol. The van der Waals surface area contributed by atoms with Crippen LogP contribution in [0.25, 0.3) is 0 Å². The van der Waals surface area contributed by atoms with Crippen molar-refractivity contribution in [2.24, 2.45) is 0 Å². The van der Waals surface area contributed by atoms with E-state index in [0.29, 0.717) is 6.54 Å². The van der Waals surface area contributed by atoms with Gasteiger partial charge in [0.2, 0.25) is 0 Å². The number of unbranched alkanes of at least 4 members (excludes halogenated alkanes) is 14. The van der Waals surface area contributed by atoms with Crippen LogP contribution in [0.2, 0.25) is 0 Å². The Morgan fingerprint density at radius 1 is 0.615 bits per heavy atom. The average Bonchev–Trinajstić information content (AvgIpc) is 2.60. The van der Waals surface area contributed by atoms with Crippen molar-refractivity contribution in [1.82, 2.24) is 5.32 Å². The number of hydrogen-bond acceptors (Lipinski definition) is 3. The molecule has 0 radical (unpaired) electrons. The molecule has 26 heavy (non-hydrogen) atoms. The molecule has 0 aromatic heterocycles. The SMILES string of the molecule is CCCCCCCCCCCCCCCCCC(NCC(C)O)C(C)O. The number of nitrogens with one attached hydrogen (secondary N) is 1. The lowest BCUT2D eigenvalue weighted by atomic mass is 10.0. The van der Waals surface area contributed by atoms with Crippen LogP contribution in [-0.4, -0.2) is 35.0 Å². The zero-order valence-electron chi connectivity index (χ0n) is 18.1. The van der Waals surface area contributed by atoms with Crippen LogP contribution in [0.5, 0.6) is 0 Å². The van der Waals surface area contributed by atoms with Gasteiger partial charge in [0.1, 0.15) is 0 Å². The third-order valence-electron chi connectivity index (χ3n) is 5.38. The van der Waals surface area contributed by atoms with Gasteiger partial charge in [-0.2, -0.15) is 0 Å². The van der Waals surface area contributed by atoms with Gasteiger partial charge in [-0.1, -0.05) is 103 Å². The summed E-state index contributed by atoms with van der Waals surface area (Å²) in [5.41, 5.74) is 0. The summed E-state index contributed by atoms with van der Waals surface area (Å²) >= 11 is 0. The zero-order valence-corrected chi connectivity index (χ0v) is 18.1. The van der Waals surface area contributed by atoms with Crippen LogP contribution in [0.15, 0.2) is 0 Å². The molecule has 0 spiro atoms. The van der Waals surface area contributed by atoms with Crippen LogP contribution in [0, 0.1) is 0 Å². The van der Waals surface area contributed by atoms with Crippen LogP contribution < -0.4 is 5.32 Å². The van der Waals surface area contributed by atoms with E-state index in [1.165, 1.54) is 96.3 Å². The molecule has 0 saturated heterocycles. The maximum absolute atomic E-state index is 9.80. The largest absolute Gasteiger partial charge is 0.392 e. The average molecular weight is 372 g/mol. The molecule has 0 aliphatic rings. The molecule has 0 bridgehead atoms. The molecule has 3 atom stereocenters. The van der Waals surface area contributed by atoms with Crippen molar-refractivity contribution in [1.29, 1.82) is 0 Å². The molecule has 0 heterocycles. The first-order chi connectivity index (χ1) is 12.6. The lowest BCUT2D eigenvalue weighted by Crippen LogP contribution is -2.41. The highest BCUT2D eigenvalue weighted by atomic mass is 16.3. The quantitative estimate of drug-likeness (QED) is 0.231. The lowest BCUT2D eigenvalue weighted by molar-refractivity contribution is 0.121. The number of hydrogen-bond donors (Lipinski definition) is 3. The molecule has 0 aliphatic heterocycles. The van der Waals surface area contributed by atoms with E-state index in [2.05, 4.69) is 12.2 Å². The summed E-state index contributed by atoms with van der Waals surface area (Å²) in [7, 11) is 0. The maximum atomic E-state index is 9.80. The fourth-order valence-electron chi connectivity index (χ4n) is 3.57. The Bertz CT molecular complexity index is 269. The molecule has 0 aromatic rings. The Balaban J connectivity index is 3.29. The molecule has 0 saturated carbocycles. The molecule has 3 heteroatoms. The first-order valence-corrected chi connectivity index (χ1v) is 11.7. The minimum atomic E-state index is -0.350. The molecule has 3 nitrogen and oxygen atoms in total. The van der Waals surface area contributed by atoms with E-state index in [1.54, 1.807) is 6.92 Å². The van der Waals surface area contributed by atoms with E-state index in [0.717, 1.165) is 6.42 Å². The van der Waals surface area contributed by atoms with Crippen molar-refractivity contribution in [3.63, 3.8) is 0 Å². The van der Waals surface area contributed by atoms with E-state index in [4.69, 9.17) is 0 Å². The van der Waals surface area contributed by atoms with Gasteiger partial charge in [-0.25, -0.2) is 0 Å².